The summed E-state index contributed by atoms with van der Waals surface area (Å²) in [5.74, 6) is -1.65. The van der Waals surface area contributed by atoms with E-state index in [1.54, 1.807) is 0 Å². The number of nitrogens with zero attached hydrogens (tertiary/aromatic N) is 2. The summed E-state index contributed by atoms with van der Waals surface area (Å²) in [7, 11) is 0. The number of unbranched alkanes of at least 4 members (excludes halogenated alkanes) is 12. The summed E-state index contributed by atoms with van der Waals surface area (Å²) in [5.41, 5.74) is 4.91. The summed E-state index contributed by atoms with van der Waals surface area (Å²) in [4.78, 5) is 63.5. The molecule has 12 heteroatoms. The molecule has 0 fully saturated rings. The number of hydrogen-bond donors (Lipinski definition) is 2. The molecule has 4 heterocycles. The van der Waals surface area contributed by atoms with Crippen LogP contribution in [-0.4, -0.2) is 69.9 Å². The molecule has 312 valence electrons. The van der Waals surface area contributed by atoms with Crippen molar-refractivity contribution >= 4 is 88.9 Å². The third kappa shape index (κ3) is 9.57. The maximum Gasteiger partial charge on any atom is 0.262 e. The zero-order chi connectivity index (χ0) is 41.3. The smallest absolute Gasteiger partial charge is 0.262 e. The Morgan fingerprint density at radius 3 is 1.24 bits per heavy atom. The monoisotopic (exact) mass is 954 g/mol. The van der Waals surface area contributed by atoms with Crippen molar-refractivity contribution in [3.05, 3.63) is 65.2 Å². The summed E-state index contributed by atoms with van der Waals surface area (Å²) in [6.45, 7) is 5.05. The number of aryl methyl sites for hydroxylation is 2. The van der Waals surface area contributed by atoms with Crippen LogP contribution in [0.3, 0.4) is 0 Å². The van der Waals surface area contributed by atoms with Crippen molar-refractivity contribution in [1.82, 2.24) is 9.80 Å². The lowest BCUT2D eigenvalue weighted by Gasteiger charge is -2.34. The first-order valence-electron chi connectivity index (χ1n) is 21.4. The van der Waals surface area contributed by atoms with E-state index in [9.17, 15) is 29.4 Å². The minimum atomic E-state index is -0.416. The van der Waals surface area contributed by atoms with E-state index in [-0.39, 0.29) is 26.3 Å². The van der Waals surface area contributed by atoms with Gasteiger partial charge in [-0.15, -0.1) is 22.7 Å². The molecule has 6 rings (SSSR count). The topological polar surface area (TPSA) is 115 Å². The van der Waals surface area contributed by atoms with Crippen LogP contribution in [0.5, 0.6) is 0 Å². The standard InChI is InChI=1S/C46H56Br2N2O6S2/c1-3-5-7-13-19-29-25-35(57-41(29)47)31-27-33-38-37-34(44(54)49(45(55)39(31)37)21-15-9-11-17-23-51)28-32(36-26-30(42(48)58-36)20-14-8-6-4-2)40(38)46(56)50(43(33)53)22-16-10-12-18-24-52/h25-28,51-52H,3-24H2,1-2H3. The van der Waals surface area contributed by atoms with E-state index in [1.807, 2.05) is 12.1 Å². The maximum absolute atomic E-state index is 14.9. The minimum absolute atomic E-state index is 0.0998. The van der Waals surface area contributed by atoms with Crippen molar-refractivity contribution in [3.8, 4) is 20.9 Å². The van der Waals surface area contributed by atoms with Crippen molar-refractivity contribution in [2.45, 2.75) is 129 Å². The first-order valence-corrected chi connectivity index (χ1v) is 24.6. The Hall–Kier alpha value is -2.74. The highest BCUT2D eigenvalue weighted by molar-refractivity contribution is 9.11. The van der Waals surface area contributed by atoms with Crippen LogP contribution in [0.15, 0.2) is 31.8 Å². The maximum atomic E-state index is 14.9. The molecule has 2 aliphatic heterocycles. The highest BCUT2D eigenvalue weighted by atomic mass is 79.9. The molecule has 58 heavy (non-hydrogen) atoms. The van der Waals surface area contributed by atoms with E-state index in [1.165, 1.54) is 45.3 Å². The van der Waals surface area contributed by atoms with Gasteiger partial charge in [0.2, 0.25) is 0 Å². The van der Waals surface area contributed by atoms with Crippen LogP contribution in [-0.2, 0) is 12.8 Å². The summed E-state index contributed by atoms with van der Waals surface area (Å²) < 4.78 is 1.96. The molecule has 2 aromatic carbocycles. The average molecular weight is 957 g/mol. The molecule has 0 saturated heterocycles. The third-order valence-corrected chi connectivity index (χ3v) is 15.5. The molecule has 0 aliphatic carbocycles. The molecular formula is C46H56Br2N2O6S2. The molecule has 4 aromatic rings. The van der Waals surface area contributed by atoms with Crippen LogP contribution < -0.4 is 0 Å². The fourth-order valence-corrected chi connectivity index (χ4v) is 11.9. The number of amides is 4. The van der Waals surface area contributed by atoms with E-state index in [4.69, 9.17) is 0 Å². The molecule has 0 bridgehead atoms. The van der Waals surface area contributed by atoms with Crippen molar-refractivity contribution in [3.63, 3.8) is 0 Å². The fourth-order valence-electron chi connectivity index (χ4n) is 8.33. The zero-order valence-electron chi connectivity index (χ0n) is 33.9. The lowest BCUT2D eigenvalue weighted by molar-refractivity contribution is 0.0586. The molecule has 0 radical (unpaired) electrons. The van der Waals surface area contributed by atoms with Gasteiger partial charge in [-0.3, -0.25) is 29.0 Å². The number of hydrogen-bond acceptors (Lipinski definition) is 8. The van der Waals surface area contributed by atoms with Gasteiger partial charge in [-0.05, 0) is 119 Å². The second-order valence-electron chi connectivity index (χ2n) is 15.7. The summed E-state index contributed by atoms with van der Waals surface area (Å²) in [6, 6.07) is 7.87. The van der Waals surface area contributed by atoms with Gasteiger partial charge in [0.05, 0.1) is 18.7 Å². The number of rotatable bonds is 24. The summed E-state index contributed by atoms with van der Waals surface area (Å²) >= 11 is 10.7. The first-order chi connectivity index (χ1) is 28.2. The van der Waals surface area contributed by atoms with Crippen LogP contribution in [0.4, 0.5) is 0 Å². The van der Waals surface area contributed by atoms with Crippen LogP contribution in [0, 0.1) is 0 Å². The highest BCUT2D eigenvalue weighted by Crippen LogP contribution is 2.49. The molecule has 2 N–H and O–H groups in total. The van der Waals surface area contributed by atoms with E-state index < -0.39 is 23.6 Å². The second-order valence-corrected chi connectivity index (χ2v) is 20.4. The number of imide groups is 2. The van der Waals surface area contributed by atoms with Gasteiger partial charge in [-0.1, -0.05) is 78.1 Å². The van der Waals surface area contributed by atoms with Gasteiger partial charge >= 0.3 is 0 Å². The van der Waals surface area contributed by atoms with Crippen LogP contribution >= 0.6 is 54.5 Å². The van der Waals surface area contributed by atoms with Crippen molar-refractivity contribution < 1.29 is 29.4 Å². The van der Waals surface area contributed by atoms with Crippen molar-refractivity contribution in [2.24, 2.45) is 0 Å². The van der Waals surface area contributed by atoms with Gasteiger partial charge in [0.25, 0.3) is 23.6 Å². The normalized spacial score (nSPS) is 13.9. The molecule has 2 aromatic heterocycles. The molecule has 0 atom stereocenters. The Bertz CT molecular complexity index is 1990. The summed E-state index contributed by atoms with van der Waals surface area (Å²) in [6.07, 6.45) is 16.4. The van der Waals surface area contributed by atoms with E-state index in [2.05, 4.69) is 57.8 Å². The highest BCUT2D eigenvalue weighted by Gasteiger charge is 2.43. The van der Waals surface area contributed by atoms with E-state index >= 15 is 0 Å². The molecule has 0 saturated carbocycles. The van der Waals surface area contributed by atoms with Gasteiger partial charge in [0.1, 0.15) is 0 Å². The molecular weight excluding hydrogens is 900 g/mol. The van der Waals surface area contributed by atoms with Gasteiger partial charge in [0.15, 0.2) is 0 Å². The second kappa shape index (κ2) is 21.2. The Labute approximate surface area is 367 Å². The molecule has 0 unspecified atom stereocenters. The van der Waals surface area contributed by atoms with Gasteiger partial charge in [0, 0.05) is 69.1 Å². The van der Waals surface area contributed by atoms with E-state index in [0.29, 0.717) is 69.8 Å². The Morgan fingerprint density at radius 2 is 0.862 bits per heavy atom. The number of aliphatic hydroxyl groups excluding tert-OH is 2. The average Bonchev–Trinajstić information content (AvgIpc) is 3.78. The minimum Gasteiger partial charge on any atom is -0.396 e. The number of benzene rings is 2. The largest absolute Gasteiger partial charge is 0.396 e. The lowest BCUT2D eigenvalue weighted by atomic mass is 9.80. The number of carbonyl (C=O) groups is 4. The quantitative estimate of drug-likeness (QED) is 0.0534. The summed E-state index contributed by atoms with van der Waals surface area (Å²) in [5, 5.41) is 19.5. The van der Waals surface area contributed by atoms with Crippen LogP contribution in [0.25, 0.3) is 31.7 Å². The van der Waals surface area contributed by atoms with Crippen LogP contribution in [0.2, 0.25) is 0 Å². The Morgan fingerprint density at radius 1 is 0.483 bits per heavy atom. The van der Waals surface area contributed by atoms with Crippen molar-refractivity contribution in [1.29, 1.82) is 0 Å². The zero-order valence-corrected chi connectivity index (χ0v) is 38.7. The number of aliphatic hydroxyl groups is 2. The molecule has 0 spiro atoms. The molecule has 2 aliphatic rings. The number of halogens is 2. The van der Waals surface area contributed by atoms with Gasteiger partial charge < -0.3 is 10.2 Å². The number of thiophene rings is 2. The Kier molecular flexibility index (Phi) is 16.4. The van der Waals surface area contributed by atoms with Crippen molar-refractivity contribution in [2.75, 3.05) is 26.3 Å². The molecule has 4 amide bonds. The predicted molar refractivity (Wildman–Crippen MR) is 244 cm³/mol. The van der Waals surface area contributed by atoms with E-state index in [0.717, 1.165) is 106 Å². The third-order valence-electron chi connectivity index (χ3n) is 11.5. The number of carbonyl (C=O) groups excluding carboxylic acids is 4. The first kappa shape index (κ1) is 44.8. The fraction of sp³-hybridized carbons (Fsp3) is 0.522. The lowest BCUT2D eigenvalue weighted by Crippen LogP contribution is -2.44. The van der Waals surface area contributed by atoms with Gasteiger partial charge in [-0.2, -0.15) is 0 Å². The Balaban J connectivity index is 1.56. The van der Waals surface area contributed by atoms with Gasteiger partial charge in [-0.25, -0.2) is 0 Å². The predicted octanol–water partition coefficient (Wildman–Crippen LogP) is 12.4. The molecule has 8 nitrogen and oxygen atoms in total. The van der Waals surface area contributed by atoms with Crippen LogP contribution in [0.1, 0.15) is 169 Å². The SMILES string of the molecule is CCCCCCc1cc(-c2cc3c4c(c(-c5cc(CCCCCC)c(Br)s5)cc5c4c2C(=O)N(CCCCCCO)C5=O)C(=O)N(CCCCCCO)C3=O)sc1Br.